The molecule has 1 saturated carbocycles. The van der Waals surface area contributed by atoms with Gasteiger partial charge in [-0.25, -0.2) is 4.79 Å². The molecule has 0 aromatic rings. The van der Waals surface area contributed by atoms with Gasteiger partial charge in [-0.15, -0.1) is 0 Å². The van der Waals surface area contributed by atoms with E-state index in [9.17, 15) is 9.90 Å². The zero-order chi connectivity index (χ0) is 8.77. The molecule has 1 aliphatic carbocycles. The van der Waals surface area contributed by atoms with Crippen LogP contribution in [-0.4, -0.2) is 36.0 Å². The first-order valence-corrected chi connectivity index (χ1v) is 4.16. The standard InChI is InChI=1S/C8H12O4/c1-11-7(10)8-5(9)3-2-4-6(8)12-8/h5-6,9H,2-4H2,1H3/t5-,6-,8+/m0/s1. The van der Waals surface area contributed by atoms with Gasteiger partial charge in [0.15, 0.2) is 0 Å². The second kappa shape index (κ2) is 2.44. The molecule has 0 bridgehead atoms. The van der Waals surface area contributed by atoms with E-state index in [0.29, 0.717) is 6.42 Å². The Morgan fingerprint density at radius 3 is 3.00 bits per heavy atom. The number of esters is 1. The van der Waals surface area contributed by atoms with Gasteiger partial charge < -0.3 is 14.6 Å². The van der Waals surface area contributed by atoms with Crippen molar-refractivity contribution in [1.29, 1.82) is 0 Å². The van der Waals surface area contributed by atoms with Gasteiger partial charge >= 0.3 is 5.97 Å². The number of carbonyl (C=O) groups is 1. The molecule has 0 amide bonds. The van der Waals surface area contributed by atoms with E-state index in [0.717, 1.165) is 12.8 Å². The van der Waals surface area contributed by atoms with E-state index in [1.165, 1.54) is 7.11 Å². The zero-order valence-electron chi connectivity index (χ0n) is 6.95. The lowest BCUT2D eigenvalue weighted by molar-refractivity contribution is -0.152. The summed E-state index contributed by atoms with van der Waals surface area (Å²) in [6, 6.07) is 0. The Morgan fingerprint density at radius 1 is 1.67 bits per heavy atom. The molecule has 4 heteroatoms. The Balaban J connectivity index is 2.16. The molecule has 1 heterocycles. The fraction of sp³-hybridized carbons (Fsp3) is 0.875. The van der Waals surface area contributed by atoms with Crippen LogP contribution in [0.25, 0.3) is 0 Å². The first-order chi connectivity index (χ1) is 5.71. The molecule has 1 aliphatic heterocycles. The van der Waals surface area contributed by atoms with Crippen molar-refractivity contribution in [2.24, 2.45) is 0 Å². The molecule has 0 unspecified atom stereocenters. The van der Waals surface area contributed by atoms with Gasteiger partial charge in [-0.2, -0.15) is 0 Å². The van der Waals surface area contributed by atoms with Gasteiger partial charge in [0.2, 0.25) is 5.60 Å². The molecule has 3 atom stereocenters. The highest BCUT2D eigenvalue weighted by Gasteiger charge is 2.69. The summed E-state index contributed by atoms with van der Waals surface area (Å²) >= 11 is 0. The molecule has 0 radical (unpaired) electrons. The molecule has 1 saturated heterocycles. The van der Waals surface area contributed by atoms with E-state index in [1.807, 2.05) is 0 Å². The van der Waals surface area contributed by atoms with E-state index in [2.05, 4.69) is 4.74 Å². The Bertz CT molecular complexity index is 215. The number of ether oxygens (including phenoxy) is 2. The van der Waals surface area contributed by atoms with Crippen LogP contribution in [-0.2, 0) is 14.3 Å². The Kier molecular flexibility index (Phi) is 1.63. The summed E-state index contributed by atoms with van der Waals surface area (Å²) in [5, 5.41) is 9.55. The van der Waals surface area contributed by atoms with Crippen LogP contribution in [0.15, 0.2) is 0 Å². The average molecular weight is 172 g/mol. The van der Waals surface area contributed by atoms with Gasteiger partial charge in [0.25, 0.3) is 0 Å². The van der Waals surface area contributed by atoms with Gasteiger partial charge in [-0.1, -0.05) is 0 Å². The van der Waals surface area contributed by atoms with E-state index in [-0.39, 0.29) is 6.10 Å². The lowest BCUT2D eigenvalue weighted by atomic mass is 9.86. The number of hydrogen-bond donors (Lipinski definition) is 1. The van der Waals surface area contributed by atoms with Crippen molar-refractivity contribution in [2.45, 2.75) is 37.1 Å². The molecule has 0 aromatic carbocycles. The molecule has 2 rings (SSSR count). The normalized spacial score (nSPS) is 44.8. The first-order valence-electron chi connectivity index (χ1n) is 4.16. The fourth-order valence-corrected chi connectivity index (χ4v) is 1.95. The second-order valence-electron chi connectivity index (χ2n) is 3.34. The third kappa shape index (κ3) is 0.820. The van der Waals surface area contributed by atoms with Crippen molar-refractivity contribution in [3.05, 3.63) is 0 Å². The van der Waals surface area contributed by atoms with E-state index < -0.39 is 17.7 Å². The SMILES string of the molecule is COC(=O)[C@]12O[C@H]1CCC[C@@H]2O. The molecule has 2 fully saturated rings. The smallest absolute Gasteiger partial charge is 0.343 e. The molecular formula is C8H12O4. The predicted octanol–water partition coefficient (Wildman–Crippen LogP) is -0.158. The van der Waals surface area contributed by atoms with Crippen LogP contribution >= 0.6 is 0 Å². The Labute approximate surface area is 70.5 Å². The maximum Gasteiger partial charge on any atom is 0.343 e. The van der Waals surface area contributed by atoms with E-state index >= 15 is 0 Å². The minimum atomic E-state index is -0.993. The number of aliphatic hydroxyl groups is 1. The zero-order valence-corrected chi connectivity index (χ0v) is 6.95. The first kappa shape index (κ1) is 8.01. The molecule has 2 aliphatic rings. The molecule has 4 nitrogen and oxygen atoms in total. The number of methoxy groups -OCH3 is 1. The maximum absolute atomic E-state index is 11.2. The number of carbonyl (C=O) groups excluding carboxylic acids is 1. The highest BCUT2D eigenvalue weighted by Crippen LogP contribution is 2.48. The van der Waals surface area contributed by atoms with Crippen molar-refractivity contribution >= 4 is 5.97 Å². The third-order valence-electron chi connectivity index (χ3n) is 2.70. The quantitative estimate of drug-likeness (QED) is 0.441. The van der Waals surface area contributed by atoms with Crippen LogP contribution in [0.1, 0.15) is 19.3 Å². The fourth-order valence-electron chi connectivity index (χ4n) is 1.95. The van der Waals surface area contributed by atoms with Crippen LogP contribution in [0.3, 0.4) is 0 Å². The lowest BCUT2D eigenvalue weighted by Gasteiger charge is -2.20. The summed E-state index contributed by atoms with van der Waals surface area (Å²) in [6.07, 6.45) is 1.62. The number of epoxide rings is 1. The second-order valence-corrected chi connectivity index (χ2v) is 3.34. The Hall–Kier alpha value is -0.610. The van der Waals surface area contributed by atoms with Gasteiger partial charge in [0, 0.05) is 0 Å². The summed E-state index contributed by atoms with van der Waals surface area (Å²) in [5.41, 5.74) is -0.993. The van der Waals surface area contributed by atoms with Crippen molar-refractivity contribution < 1.29 is 19.4 Å². The highest BCUT2D eigenvalue weighted by atomic mass is 16.7. The Morgan fingerprint density at radius 2 is 2.42 bits per heavy atom. The van der Waals surface area contributed by atoms with Crippen LogP contribution < -0.4 is 0 Å². The van der Waals surface area contributed by atoms with Gasteiger partial charge in [0.1, 0.15) is 6.10 Å². The van der Waals surface area contributed by atoms with E-state index in [1.54, 1.807) is 0 Å². The number of hydrogen-bond acceptors (Lipinski definition) is 4. The lowest BCUT2D eigenvalue weighted by Crippen LogP contribution is -2.43. The molecule has 1 N–H and O–H groups in total. The summed E-state index contributed by atoms with van der Waals surface area (Å²) in [5.74, 6) is -0.431. The predicted molar refractivity (Wildman–Crippen MR) is 39.5 cm³/mol. The molecule has 12 heavy (non-hydrogen) atoms. The van der Waals surface area contributed by atoms with Gasteiger partial charge in [-0.05, 0) is 19.3 Å². The van der Waals surface area contributed by atoms with Crippen LogP contribution in [0.4, 0.5) is 0 Å². The van der Waals surface area contributed by atoms with Gasteiger partial charge in [-0.3, -0.25) is 0 Å². The molecule has 0 spiro atoms. The number of fused-ring (bicyclic) bond motifs is 1. The van der Waals surface area contributed by atoms with Crippen LogP contribution in [0, 0.1) is 0 Å². The number of aliphatic hydroxyl groups excluding tert-OH is 1. The number of rotatable bonds is 1. The molecule has 68 valence electrons. The van der Waals surface area contributed by atoms with E-state index in [4.69, 9.17) is 4.74 Å². The summed E-state index contributed by atoms with van der Waals surface area (Å²) in [7, 11) is 1.32. The van der Waals surface area contributed by atoms with Crippen molar-refractivity contribution in [2.75, 3.05) is 7.11 Å². The topological polar surface area (TPSA) is 59.1 Å². The van der Waals surface area contributed by atoms with Crippen molar-refractivity contribution in [1.82, 2.24) is 0 Å². The minimum Gasteiger partial charge on any atom is -0.467 e. The van der Waals surface area contributed by atoms with Crippen LogP contribution in [0.2, 0.25) is 0 Å². The van der Waals surface area contributed by atoms with Crippen LogP contribution in [0.5, 0.6) is 0 Å². The van der Waals surface area contributed by atoms with Crippen molar-refractivity contribution in [3.63, 3.8) is 0 Å². The summed E-state index contributed by atoms with van der Waals surface area (Å²) in [4.78, 5) is 11.2. The largest absolute Gasteiger partial charge is 0.467 e. The van der Waals surface area contributed by atoms with Gasteiger partial charge in [0.05, 0.1) is 13.2 Å². The third-order valence-corrected chi connectivity index (χ3v) is 2.70. The monoisotopic (exact) mass is 172 g/mol. The highest BCUT2D eigenvalue weighted by molar-refractivity contribution is 5.84. The summed E-state index contributed by atoms with van der Waals surface area (Å²) in [6.45, 7) is 0. The molecular weight excluding hydrogens is 160 g/mol. The molecule has 0 aromatic heterocycles. The maximum atomic E-state index is 11.2. The summed E-state index contributed by atoms with van der Waals surface area (Å²) < 4.78 is 9.79. The average Bonchev–Trinajstić information content (AvgIpc) is 2.80. The van der Waals surface area contributed by atoms with Crippen molar-refractivity contribution in [3.8, 4) is 0 Å². The minimum absolute atomic E-state index is 0.103.